The Morgan fingerprint density at radius 1 is 1.38 bits per heavy atom. The molecular formula is C16H25NO3S. The van der Waals surface area contributed by atoms with E-state index in [1.807, 2.05) is 12.1 Å². The average Bonchev–Trinajstić information content (AvgIpc) is 2.46. The summed E-state index contributed by atoms with van der Waals surface area (Å²) in [4.78, 5) is 0. The van der Waals surface area contributed by atoms with Crippen molar-refractivity contribution in [2.24, 2.45) is 0 Å². The predicted molar refractivity (Wildman–Crippen MR) is 85.2 cm³/mol. The summed E-state index contributed by atoms with van der Waals surface area (Å²) in [7, 11) is -2.96. The lowest BCUT2D eigenvalue weighted by Gasteiger charge is -2.33. The van der Waals surface area contributed by atoms with Gasteiger partial charge in [0.2, 0.25) is 0 Å². The van der Waals surface area contributed by atoms with Gasteiger partial charge in [0, 0.05) is 12.3 Å². The van der Waals surface area contributed by atoms with Crippen molar-refractivity contribution in [3.05, 3.63) is 35.4 Å². The fraction of sp³-hybridized carbons (Fsp3) is 0.625. The summed E-state index contributed by atoms with van der Waals surface area (Å²) in [5.41, 5.74) is 2.52. The highest BCUT2D eigenvalue weighted by Crippen LogP contribution is 2.31. The van der Waals surface area contributed by atoms with Gasteiger partial charge in [0.15, 0.2) is 0 Å². The van der Waals surface area contributed by atoms with Gasteiger partial charge in [0.05, 0.1) is 18.5 Å². The molecule has 1 aromatic carbocycles. The average molecular weight is 311 g/mol. The zero-order valence-corrected chi connectivity index (χ0v) is 13.7. The summed E-state index contributed by atoms with van der Waals surface area (Å²) >= 11 is 0. The number of benzene rings is 1. The van der Waals surface area contributed by atoms with E-state index in [1.165, 1.54) is 17.4 Å². The third-order valence-corrected chi connectivity index (χ3v) is 4.83. The number of hydrogen-bond acceptors (Lipinski definition) is 4. The molecule has 2 unspecified atom stereocenters. The lowest BCUT2D eigenvalue weighted by Crippen LogP contribution is -2.40. The second-order valence-corrected chi connectivity index (χ2v) is 7.98. The van der Waals surface area contributed by atoms with Gasteiger partial charge >= 0.3 is 0 Å². The monoisotopic (exact) mass is 311 g/mol. The number of fused-ring (bicyclic) bond motifs is 1. The zero-order valence-electron chi connectivity index (χ0n) is 12.8. The fourth-order valence-electron chi connectivity index (χ4n) is 2.79. The van der Waals surface area contributed by atoms with E-state index < -0.39 is 9.84 Å². The molecule has 1 aromatic rings. The van der Waals surface area contributed by atoms with Crippen LogP contribution < -0.4 is 5.32 Å². The van der Waals surface area contributed by atoms with Crippen molar-refractivity contribution in [3.8, 4) is 0 Å². The molecule has 0 saturated heterocycles. The highest BCUT2D eigenvalue weighted by Gasteiger charge is 2.28. The molecule has 5 heteroatoms. The van der Waals surface area contributed by atoms with Crippen LogP contribution in [0.25, 0.3) is 0 Å². The van der Waals surface area contributed by atoms with Crippen molar-refractivity contribution >= 4 is 9.84 Å². The number of sulfone groups is 1. The maximum atomic E-state index is 11.5. The molecule has 118 valence electrons. The van der Waals surface area contributed by atoms with Crippen LogP contribution in [0.4, 0.5) is 0 Å². The van der Waals surface area contributed by atoms with Crippen LogP contribution in [0.1, 0.15) is 37.0 Å². The molecule has 0 fully saturated rings. The van der Waals surface area contributed by atoms with Crippen LogP contribution in [-0.2, 0) is 21.0 Å². The summed E-state index contributed by atoms with van der Waals surface area (Å²) in [6, 6.07) is 8.35. The second kappa shape index (κ2) is 7.38. The van der Waals surface area contributed by atoms with Gasteiger partial charge in [0.25, 0.3) is 0 Å². The van der Waals surface area contributed by atoms with Crippen LogP contribution >= 0.6 is 0 Å². The first-order valence-corrected chi connectivity index (χ1v) is 9.68. The van der Waals surface area contributed by atoms with Crippen molar-refractivity contribution in [3.63, 3.8) is 0 Å². The number of ether oxygens (including phenoxy) is 1. The number of nitrogens with one attached hydrogen (secondary N) is 1. The molecule has 2 atom stereocenters. The van der Waals surface area contributed by atoms with E-state index in [4.69, 9.17) is 4.74 Å². The maximum absolute atomic E-state index is 11.5. The molecule has 0 spiro atoms. The Hall–Kier alpha value is -0.910. The van der Waals surface area contributed by atoms with Gasteiger partial charge < -0.3 is 10.1 Å². The Labute approximate surface area is 127 Å². The van der Waals surface area contributed by atoms with Crippen molar-refractivity contribution in [2.75, 3.05) is 25.2 Å². The first-order valence-electron chi connectivity index (χ1n) is 7.62. The Kier molecular flexibility index (Phi) is 5.79. The topological polar surface area (TPSA) is 55.4 Å². The molecule has 2 rings (SSSR count). The van der Waals surface area contributed by atoms with E-state index in [2.05, 4.69) is 24.4 Å². The molecule has 21 heavy (non-hydrogen) atoms. The van der Waals surface area contributed by atoms with Gasteiger partial charge in [0.1, 0.15) is 9.84 Å². The van der Waals surface area contributed by atoms with Crippen LogP contribution in [0.3, 0.4) is 0 Å². The highest BCUT2D eigenvalue weighted by atomic mass is 32.2. The molecule has 1 heterocycles. The molecule has 0 saturated carbocycles. The number of rotatable bonds is 7. The third kappa shape index (κ3) is 4.80. The van der Waals surface area contributed by atoms with Gasteiger partial charge in [-0.1, -0.05) is 31.2 Å². The molecule has 1 aliphatic rings. The quantitative estimate of drug-likeness (QED) is 0.838. The van der Waals surface area contributed by atoms with Gasteiger partial charge in [-0.15, -0.1) is 0 Å². The Morgan fingerprint density at radius 3 is 2.86 bits per heavy atom. The third-order valence-electron chi connectivity index (χ3n) is 3.85. The molecule has 0 amide bonds. The lowest BCUT2D eigenvalue weighted by atomic mass is 9.92. The van der Waals surface area contributed by atoms with E-state index >= 15 is 0 Å². The minimum absolute atomic E-state index is 0.0427. The maximum Gasteiger partial charge on any atom is 0.147 e. The first-order chi connectivity index (χ1) is 10.0. The minimum Gasteiger partial charge on any atom is -0.372 e. The SMILES string of the molecule is CCCNC(CCS(C)(=O)=O)C1OCCc2ccccc21. The Morgan fingerprint density at radius 2 is 2.14 bits per heavy atom. The van der Waals surface area contributed by atoms with Crippen LogP contribution in [0.2, 0.25) is 0 Å². The van der Waals surface area contributed by atoms with E-state index in [1.54, 1.807) is 0 Å². The zero-order chi connectivity index (χ0) is 15.3. The summed E-state index contributed by atoms with van der Waals surface area (Å²) < 4.78 is 28.9. The largest absolute Gasteiger partial charge is 0.372 e. The van der Waals surface area contributed by atoms with Gasteiger partial charge in [-0.25, -0.2) is 8.42 Å². The van der Waals surface area contributed by atoms with Gasteiger partial charge in [-0.2, -0.15) is 0 Å². The summed E-state index contributed by atoms with van der Waals surface area (Å²) in [5.74, 6) is 0.191. The number of hydrogen-bond donors (Lipinski definition) is 1. The molecule has 0 aliphatic carbocycles. The summed E-state index contributed by atoms with van der Waals surface area (Å²) in [6.07, 6.45) is 3.77. The predicted octanol–water partition coefficient (Wildman–Crippen LogP) is 2.10. The standard InChI is InChI=1S/C16H25NO3S/c1-3-10-17-15(9-12-21(2,18)19)16-14-7-5-4-6-13(14)8-11-20-16/h4-7,15-17H,3,8-12H2,1-2H3. The Bertz CT molecular complexity index is 556. The van der Waals surface area contributed by atoms with Gasteiger partial charge in [-0.3, -0.25) is 0 Å². The van der Waals surface area contributed by atoms with Crippen molar-refractivity contribution in [1.29, 1.82) is 0 Å². The highest BCUT2D eigenvalue weighted by molar-refractivity contribution is 7.90. The molecule has 4 nitrogen and oxygen atoms in total. The van der Waals surface area contributed by atoms with Crippen LogP contribution in [0, 0.1) is 0 Å². The van der Waals surface area contributed by atoms with Gasteiger partial charge in [-0.05, 0) is 36.9 Å². The second-order valence-electron chi connectivity index (χ2n) is 5.72. The van der Waals surface area contributed by atoms with Crippen LogP contribution in [0.15, 0.2) is 24.3 Å². The fourth-order valence-corrected chi connectivity index (χ4v) is 3.47. The summed E-state index contributed by atoms with van der Waals surface area (Å²) in [5, 5.41) is 3.46. The van der Waals surface area contributed by atoms with Crippen LogP contribution in [-0.4, -0.2) is 39.6 Å². The molecule has 1 aliphatic heterocycles. The molecule has 1 N–H and O–H groups in total. The molecule has 0 bridgehead atoms. The van der Waals surface area contributed by atoms with E-state index in [-0.39, 0.29) is 17.9 Å². The van der Waals surface area contributed by atoms with Crippen molar-refractivity contribution in [1.82, 2.24) is 5.32 Å². The normalized spacial score (nSPS) is 20.0. The summed E-state index contributed by atoms with van der Waals surface area (Å²) in [6.45, 7) is 3.68. The van der Waals surface area contributed by atoms with Crippen LogP contribution in [0.5, 0.6) is 0 Å². The smallest absolute Gasteiger partial charge is 0.147 e. The Balaban J connectivity index is 2.16. The molecular weight excluding hydrogens is 286 g/mol. The van der Waals surface area contributed by atoms with Crippen molar-refractivity contribution in [2.45, 2.75) is 38.3 Å². The first kappa shape index (κ1) is 16.5. The van der Waals surface area contributed by atoms with E-state index in [0.29, 0.717) is 13.0 Å². The molecule has 0 aromatic heterocycles. The molecule has 0 radical (unpaired) electrons. The lowest BCUT2D eigenvalue weighted by molar-refractivity contribution is 0.0147. The van der Waals surface area contributed by atoms with E-state index in [9.17, 15) is 8.42 Å². The van der Waals surface area contributed by atoms with Crippen molar-refractivity contribution < 1.29 is 13.2 Å². The minimum atomic E-state index is -2.96. The van der Waals surface area contributed by atoms with E-state index in [0.717, 1.165) is 19.4 Å².